The molecule has 2 aliphatic heterocycles. The SMILES string of the molecule is C1COCCN1.C1COCCO1. The Hall–Kier alpha value is -0.160. The fraction of sp³-hybridized carbons (Fsp3) is 1.00. The molecule has 0 aromatic heterocycles. The van der Waals surface area contributed by atoms with Crippen LogP contribution in [-0.2, 0) is 14.2 Å². The lowest BCUT2D eigenvalue weighted by Gasteiger charge is -2.10. The summed E-state index contributed by atoms with van der Waals surface area (Å²) in [6.07, 6.45) is 0. The van der Waals surface area contributed by atoms with Gasteiger partial charge < -0.3 is 19.5 Å². The lowest BCUT2D eigenvalue weighted by molar-refractivity contribution is -0.0334. The maximum absolute atomic E-state index is 5.01. The second-order valence-electron chi connectivity index (χ2n) is 2.59. The Balaban J connectivity index is 0.000000120. The van der Waals surface area contributed by atoms with Crippen LogP contribution in [0.4, 0.5) is 0 Å². The summed E-state index contributed by atoms with van der Waals surface area (Å²) in [5, 5.41) is 3.16. The lowest BCUT2D eigenvalue weighted by Crippen LogP contribution is -2.30. The Morgan fingerprint density at radius 1 is 0.583 bits per heavy atom. The maximum atomic E-state index is 5.01. The van der Waals surface area contributed by atoms with Crippen molar-refractivity contribution in [3.8, 4) is 0 Å². The summed E-state index contributed by atoms with van der Waals surface area (Å²) < 4.78 is 14.9. The van der Waals surface area contributed by atoms with E-state index < -0.39 is 0 Å². The Bertz CT molecular complexity index is 57.3. The predicted molar refractivity (Wildman–Crippen MR) is 45.3 cm³/mol. The zero-order chi connectivity index (χ0) is 8.49. The fourth-order valence-corrected chi connectivity index (χ4v) is 0.956. The van der Waals surface area contributed by atoms with E-state index in [0.29, 0.717) is 0 Å². The average molecular weight is 175 g/mol. The highest BCUT2D eigenvalue weighted by molar-refractivity contribution is 4.49. The predicted octanol–water partition coefficient (Wildman–Crippen LogP) is -0.361. The first-order valence-corrected chi connectivity index (χ1v) is 4.44. The molecule has 2 heterocycles. The van der Waals surface area contributed by atoms with Gasteiger partial charge in [-0.3, -0.25) is 0 Å². The Labute approximate surface area is 73.2 Å². The van der Waals surface area contributed by atoms with Gasteiger partial charge in [0.25, 0.3) is 0 Å². The molecule has 0 aliphatic carbocycles. The van der Waals surface area contributed by atoms with Crippen LogP contribution in [0.1, 0.15) is 0 Å². The summed E-state index contributed by atoms with van der Waals surface area (Å²) in [4.78, 5) is 0. The highest BCUT2D eigenvalue weighted by Gasteiger charge is 1.94. The van der Waals surface area contributed by atoms with E-state index in [1.807, 2.05) is 0 Å². The number of rotatable bonds is 0. The van der Waals surface area contributed by atoms with Crippen LogP contribution in [0, 0.1) is 0 Å². The number of nitrogens with one attached hydrogen (secondary N) is 1. The van der Waals surface area contributed by atoms with Crippen LogP contribution in [0.25, 0.3) is 0 Å². The van der Waals surface area contributed by atoms with Gasteiger partial charge in [0.15, 0.2) is 0 Å². The zero-order valence-electron chi connectivity index (χ0n) is 7.38. The van der Waals surface area contributed by atoms with Crippen molar-refractivity contribution >= 4 is 0 Å². The average Bonchev–Trinajstić information content (AvgIpc) is 2.24. The molecular formula is C8H17NO3. The minimum Gasteiger partial charge on any atom is -0.379 e. The summed E-state index contributed by atoms with van der Waals surface area (Å²) in [5.74, 6) is 0. The van der Waals surface area contributed by atoms with Crippen molar-refractivity contribution in [2.45, 2.75) is 0 Å². The van der Waals surface area contributed by atoms with Crippen LogP contribution in [0.5, 0.6) is 0 Å². The third kappa shape index (κ3) is 5.49. The molecule has 2 saturated heterocycles. The van der Waals surface area contributed by atoms with Gasteiger partial charge >= 0.3 is 0 Å². The Morgan fingerprint density at radius 3 is 1.17 bits per heavy atom. The normalized spacial score (nSPS) is 24.0. The van der Waals surface area contributed by atoms with Gasteiger partial charge in [-0.1, -0.05) is 0 Å². The second kappa shape index (κ2) is 7.49. The molecule has 4 heteroatoms. The summed E-state index contributed by atoms with van der Waals surface area (Å²) >= 11 is 0. The van der Waals surface area contributed by atoms with Crippen molar-refractivity contribution in [1.29, 1.82) is 0 Å². The largest absolute Gasteiger partial charge is 0.379 e. The standard InChI is InChI=1S/C4H9NO.C4H8O2/c1-3-6-4-2-5-1;1-2-6-4-3-5-1/h5H,1-4H2;1-4H2. The molecule has 0 aromatic carbocycles. The Morgan fingerprint density at radius 2 is 1.00 bits per heavy atom. The van der Waals surface area contributed by atoms with E-state index in [2.05, 4.69) is 5.32 Å². The Kier molecular flexibility index (Phi) is 6.19. The molecule has 0 atom stereocenters. The van der Waals surface area contributed by atoms with Gasteiger partial charge in [-0.05, 0) is 0 Å². The van der Waals surface area contributed by atoms with E-state index in [1.54, 1.807) is 0 Å². The highest BCUT2D eigenvalue weighted by Crippen LogP contribution is 1.85. The summed E-state index contributed by atoms with van der Waals surface area (Å²) in [6, 6.07) is 0. The molecule has 0 radical (unpaired) electrons. The lowest BCUT2D eigenvalue weighted by atomic mass is 10.5. The molecule has 72 valence electrons. The number of ether oxygens (including phenoxy) is 3. The molecule has 4 nitrogen and oxygen atoms in total. The van der Waals surface area contributed by atoms with E-state index in [4.69, 9.17) is 14.2 Å². The van der Waals surface area contributed by atoms with E-state index in [1.165, 1.54) is 0 Å². The van der Waals surface area contributed by atoms with Crippen molar-refractivity contribution < 1.29 is 14.2 Å². The number of hydrogen-bond acceptors (Lipinski definition) is 4. The van der Waals surface area contributed by atoms with Crippen molar-refractivity contribution in [3.63, 3.8) is 0 Å². The van der Waals surface area contributed by atoms with Gasteiger partial charge in [0.1, 0.15) is 0 Å². The third-order valence-corrected chi connectivity index (χ3v) is 1.59. The molecule has 0 amide bonds. The highest BCUT2D eigenvalue weighted by atomic mass is 16.6. The number of morpholine rings is 1. The van der Waals surface area contributed by atoms with Gasteiger partial charge in [-0.15, -0.1) is 0 Å². The quantitative estimate of drug-likeness (QED) is 0.546. The molecule has 0 unspecified atom stereocenters. The van der Waals surface area contributed by atoms with E-state index in [-0.39, 0.29) is 0 Å². The fourth-order valence-electron chi connectivity index (χ4n) is 0.956. The van der Waals surface area contributed by atoms with Crippen LogP contribution in [0.15, 0.2) is 0 Å². The third-order valence-electron chi connectivity index (χ3n) is 1.59. The van der Waals surface area contributed by atoms with Gasteiger partial charge in [-0.2, -0.15) is 0 Å². The van der Waals surface area contributed by atoms with Gasteiger partial charge in [0, 0.05) is 13.1 Å². The van der Waals surface area contributed by atoms with Crippen molar-refractivity contribution in [2.24, 2.45) is 0 Å². The second-order valence-corrected chi connectivity index (χ2v) is 2.59. The minimum atomic E-state index is 0.778. The topological polar surface area (TPSA) is 39.7 Å². The van der Waals surface area contributed by atoms with E-state index in [9.17, 15) is 0 Å². The molecule has 2 fully saturated rings. The van der Waals surface area contributed by atoms with Crippen LogP contribution in [-0.4, -0.2) is 52.7 Å². The first kappa shape index (κ1) is 9.92. The van der Waals surface area contributed by atoms with Crippen molar-refractivity contribution in [1.82, 2.24) is 5.32 Å². The molecule has 0 aromatic rings. The molecule has 2 aliphatic rings. The molecule has 12 heavy (non-hydrogen) atoms. The van der Waals surface area contributed by atoms with Crippen LogP contribution < -0.4 is 5.32 Å². The molecule has 0 spiro atoms. The molecule has 0 bridgehead atoms. The van der Waals surface area contributed by atoms with Gasteiger partial charge in [0.2, 0.25) is 0 Å². The minimum absolute atomic E-state index is 0.778. The van der Waals surface area contributed by atoms with E-state index in [0.717, 1.165) is 52.7 Å². The summed E-state index contributed by atoms with van der Waals surface area (Å²) in [5.41, 5.74) is 0. The van der Waals surface area contributed by atoms with Gasteiger partial charge in [0.05, 0.1) is 39.6 Å². The zero-order valence-corrected chi connectivity index (χ0v) is 7.38. The molecule has 1 N–H and O–H groups in total. The first-order chi connectivity index (χ1) is 6.00. The molecular weight excluding hydrogens is 158 g/mol. The van der Waals surface area contributed by atoms with Crippen LogP contribution in [0.2, 0.25) is 0 Å². The first-order valence-electron chi connectivity index (χ1n) is 4.44. The van der Waals surface area contributed by atoms with Crippen molar-refractivity contribution in [3.05, 3.63) is 0 Å². The van der Waals surface area contributed by atoms with E-state index >= 15 is 0 Å². The van der Waals surface area contributed by atoms with Crippen molar-refractivity contribution in [2.75, 3.05) is 52.7 Å². The van der Waals surface area contributed by atoms with Crippen LogP contribution >= 0.6 is 0 Å². The monoisotopic (exact) mass is 175 g/mol. The summed E-state index contributed by atoms with van der Waals surface area (Å²) in [6.45, 7) is 6.94. The van der Waals surface area contributed by atoms with Crippen LogP contribution in [0.3, 0.4) is 0 Å². The van der Waals surface area contributed by atoms with Gasteiger partial charge in [-0.25, -0.2) is 0 Å². The number of hydrogen-bond donors (Lipinski definition) is 1. The maximum Gasteiger partial charge on any atom is 0.0701 e. The smallest absolute Gasteiger partial charge is 0.0701 e. The molecule has 2 rings (SSSR count). The molecule has 0 saturated carbocycles. The summed E-state index contributed by atoms with van der Waals surface area (Å²) in [7, 11) is 0.